The van der Waals surface area contributed by atoms with E-state index in [0.717, 1.165) is 6.07 Å². The summed E-state index contributed by atoms with van der Waals surface area (Å²) in [4.78, 5) is 3.62. The third-order valence-electron chi connectivity index (χ3n) is 2.80. The molecule has 4 nitrogen and oxygen atoms in total. The Bertz CT molecular complexity index is 472. The molecule has 0 radical (unpaired) electrons. The van der Waals surface area contributed by atoms with Crippen molar-refractivity contribution in [3.05, 3.63) is 24.1 Å². The van der Waals surface area contributed by atoms with Gasteiger partial charge in [0, 0.05) is 19.3 Å². The average Bonchev–Trinajstić information content (AvgIpc) is 2.30. The van der Waals surface area contributed by atoms with E-state index in [9.17, 15) is 12.8 Å². The fourth-order valence-corrected chi connectivity index (χ4v) is 3.17. The highest BCUT2D eigenvalue weighted by Crippen LogP contribution is 2.19. The molecule has 0 aliphatic rings. The molecule has 0 spiro atoms. The molecule has 0 saturated carbocycles. The van der Waals surface area contributed by atoms with Crippen molar-refractivity contribution in [2.75, 3.05) is 7.05 Å². The van der Waals surface area contributed by atoms with Gasteiger partial charge in [0.05, 0.1) is 0 Å². The molecule has 0 amide bonds. The van der Waals surface area contributed by atoms with Gasteiger partial charge in [0.2, 0.25) is 5.03 Å². The number of nitrogens with zero attached hydrogens (tertiary/aromatic N) is 2. The van der Waals surface area contributed by atoms with Gasteiger partial charge in [0.1, 0.15) is 0 Å². The molecule has 0 N–H and O–H groups in total. The summed E-state index contributed by atoms with van der Waals surface area (Å²) in [5, 5.41) is -0.505. The number of aromatic nitrogens is 1. The number of halogens is 1. The number of hydrogen-bond donors (Lipinski definition) is 0. The molecule has 0 bridgehead atoms. The highest BCUT2D eigenvalue weighted by molar-refractivity contribution is 7.89. The molecule has 0 saturated heterocycles. The number of pyridine rings is 1. The third kappa shape index (κ3) is 2.81. The maximum absolute atomic E-state index is 13.4. The molecule has 0 aliphatic heterocycles. The Kier molecular flexibility index (Phi) is 4.59. The van der Waals surface area contributed by atoms with Crippen molar-refractivity contribution in [3.63, 3.8) is 0 Å². The van der Waals surface area contributed by atoms with Crippen LogP contribution < -0.4 is 0 Å². The van der Waals surface area contributed by atoms with Gasteiger partial charge in [-0.1, -0.05) is 13.8 Å². The van der Waals surface area contributed by atoms with Crippen molar-refractivity contribution in [3.8, 4) is 0 Å². The van der Waals surface area contributed by atoms with Crippen LogP contribution in [0.5, 0.6) is 0 Å². The van der Waals surface area contributed by atoms with Crippen molar-refractivity contribution in [2.45, 2.75) is 37.8 Å². The van der Waals surface area contributed by atoms with E-state index in [-0.39, 0.29) is 6.04 Å². The number of sulfonamides is 1. The van der Waals surface area contributed by atoms with Gasteiger partial charge in [-0.05, 0) is 25.0 Å². The largest absolute Gasteiger partial charge is 0.263 e. The highest BCUT2D eigenvalue weighted by Gasteiger charge is 2.29. The summed E-state index contributed by atoms with van der Waals surface area (Å²) in [6, 6.07) is 2.33. The fourth-order valence-electron chi connectivity index (χ4n) is 1.70. The predicted molar refractivity (Wildman–Crippen MR) is 63.5 cm³/mol. The number of rotatable bonds is 5. The molecule has 17 heavy (non-hydrogen) atoms. The molecule has 1 aromatic rings. The van der Waals surface area contributed by atoms with Gasteiger partial charge >= 0.3 is 0 Å². The topological polar surface area (TPSA) is 50.3 Å². The Labute approximate surface area is 102 Å². The molecule has 0 unspecified atom stereocenters. The van der Waals surface area contributed by atoms with Crippen LogP contribution in [-0.4, -0.2) is 30.8 Å². The quantitative estimate of drug-likeness (QED) is 0.814. The lowest BCUT2D eigenvalue weighted by Gasteiger charge is -2.25. The maximum Gasteiger partial charge on any atom is 0.263 e. The minimum atomic E-state index is -3.85. The molecule has 1 aromatic heterocycles. The van der Waals surface area contributed by atoms with Crippen LogP contribution in [0, 0.1) is 5.82 Å². The van der Waals surface area contributed by atoms with Crippen molar-refractivity contribution in [1.82, 2.24) is 9.29 Å². The summed E-state index contributed by atoms with van der Waals surface area (Å²) < 4.78 is 38.9. The third-order valence-corrected chi connectivity index (χ3v) is 4.65. The maximum atomic E-state index is 13.4. The van der Waals surface area contributed by atoms with Crippen molar-refractivity contribution in [1.29, 1.82) is 0 Å². The molecular weight excluding hydrogens is 243 g/mol. The summed E-state index contributed by atoms with van der Waals surface area (Å²) in [6.45, 7) is 3.80. The Morgan fingerprint density at radius 2 is 2.00 bits per heavy atom. The molecule has 0 aromatic carbocycles. The Morgan fingerprint density at radius 1 is 1.41 bits per heavy atom. The molecule has 0 fully saturated rings. The second-order valence-corrected chi connectivity index (χ2v) is 5.69. The van der Waals surface area contributed by atoms with Crippen LogP contribution in [0.2, 0.25) is 0 Å². The van der Waals surface area contributed by atoms with Crippen LogP contribution in [0.4, 0.5) is 4.39 Å². The van der Waals surface area contributed by atoms with E-state index in [1.54, 1.807) is 0 Å². The van der Waals surface area contributed by atoms with E-state index < -0.39 is 20.9 Å². The van der Waals surface area contributed by atoms with Gasteiger partial charge in [0.25, 0.3) is 10.0 Å². The lowest BCUT2D eigenvalue weighted by Crippen LogP contribution is -2.37. The first-order valence-corrected chi connectivity index (χ1v) is 6.97. The van der Waals surface area contributed by atoms with Gasteiger partial charge in [-0.3, -0.25) is 0 Å². The zero-order valence-electron chi connectivity index (χ0n) is 10.2. The first kappa shape index (κ1) is 14.1. The molecule has 0 atom stereocenters. The summed E-state index contributed by atoms with van der Waals surface area (Å²) in [5.41, 5.74) is 0. The molecular formula is C11H17FN2O2S. The molecule has 0 aliphatic carbocycles. The standard InChI is InChI=1S/C11H17FN2O2S/c1-4-9(5-2)14(3)17(15,16)11-10(12)7-6-8-13-11/h6-9H,4-5H2,1-3H3. The average molecular weight is 260 g/mol. The van der Waals surface area contributed by atoms with Gasteiger partial charge in [-0.2, -0.15) is 4.31 Å². The molecule has 1 heterocycles. The van der Waals surface area contributed by atoms with Crippen molar-refractivity contribution < 1.29 is 12.8 Å². The van der Waals surface area contributed by atoms with Crippen molar-refractivity contribution >= 4 is 10.0 Å². The smallest absolute Gasteiger partial charge is 0.241 e. The van der Waals surface area contributed by atoms with E-state index in [4.69, 9.17) is 0 Å². The molecule has 6 heteroatoms. The van der Waals surface area contributed by atoms with Crippen LogP contribution in [0.1, 0.15) is 26.7 Å². The molecule has 96 valence electrons. The summed E-state index contributed by atoms with van der Waals surface area (Å²) in [5.74, 6) is -0.815. The highest BCUT2D eigenvalue weighted by atomic mass is 32.2. The normalized spacial score (nSPS) is 12.4. The van der Waals surface area contributed by atoms with Gasteiger partial charge in [0.15, 0.2) is 5.82 Å². The van der Waals surface area contributed by atoms with Crippen LogP contribution in [0.15, 0.2) is 23.4 Å². The van der Waals surface area contributed by atoms with Crippen molar-refractivity contribution in [2.24, 2.45) is 0 Å². The van der Waals surface area contributed by atoms with E-state index in [0.29, 0.717) is 12.8 Å². The predicted octanol–water partition coefficient (Wildman–Crippen LogP) is 2.03. The minimum absolute atomic E-state index is 0.138. The Hall–Kier alpha value is -1.01. The second kappa shape index (κ2) is 5.55. The Balaban J connectivity index is 3.16. The Morgan fingerprint density at radius 3 is 2.47 bits per heavy atom. The first-order valence-electron chi connectivity index (χ1n) is 5.53. The lowest BCUT2D eigenvalue weighted by atomic mass is 10.2. The number of hydrogen-bond acceptors (Lipinski definition) is 3. The SMILES string of the molecule is CCC(CC)N(C)S(=O)(=O)c1ncccc1F. The van der Waals surface area contributed by atoms with E-state index in [2.05, 4.69) is 4.98 Å². The van der Waals surface area contributed by atoms with Gasteiger partial charge < -0.3 is 0 Å². The fraction of sp³-hybridized carbons (Fsp3) is 0.545. The lowest BCUT2D eigenvalue weighted by molar-refractivity contribution is 0.346. The van der Waals surface area contributed by atoms with E-state index in [1.165, 1.54) is 23.6 Å². The summed E-state index contributed by atoms with van der Waals surface area (Å²) in [6.07, 6.45) is 2.64. The zero-order chi connectivity index (χ0) is 13.1. The first-order chi connectivity index (χ1) is 7.95. The van der Waals surface area contributed by atoms with Crippen LogP contribution >= 0.6 is 0 Å². The monoisotopic (exact) mass is 260 g/mol. The van der Waals surface area contributed by atoms with Gasteiger partial charge in [-0.15, -0.1) is 0 Å². The summed E-state index contributed by atoms with van der Waals surface area (Å²) >= 11 is 0. The molecule has 1 rings (SSSR count). The second-order valence-electron chi connectivity index (χ2n) is 3.78. The van der Waals surface area contributed by atoms with Gasteiger partial charge in [-0.25, -0.2) is 17.8 Å². The van der Waals surface area contributed by atoms with Crippen LogP contribution in [-0.2, 0) is 10.0 Å². The van der Waals surface area contributed by atoms with E-state index >= 15 is 0 Å². The van der Waals surface area contributed by atoms with E-state index in [1.807, 2.05) is 13.8 Å². The van der Waals surface area contributed by atoms with Crippen LogP contribution in [0.25, 0.3) is 0 Å². The minimum Gasteiger partial charge on any atom is -0.241 e. The van der Waals surface area contributed by atoms with Crippen LogP contribution in [0.3, 0.4) is 0 Å². The zero-order valence-corrected chi connectivity index (χ0v) is 11.0. The summed E-state index contributed by atoms with van der Waals surface area (Å²) in [7, 11) is -2.39.